The second-order valence-corrected chi connectivity index (χ2v) is 6.90. The van der Waals surface area contributed by atoms with Crippen LogP contribution in [0, 0.1) is 11.3 Å². The molecule has 1 unspecified atom stereocenters. The number of aliphatic carboxylic acids is 1. The van der Waals surface area contributed by atoms with E-state index in [9.17, 15) is 9.90 Å². The molecule has 3 nitrogen and oxygen atoms in total. The highest BCUT2D eigenvalue weighted by Gasteiger charge is 2.40. The van der Waals surface area contributed by atoms with Gasteiger partial charge in [0.25, 0.3) is 0 Å². The summed E-state index contributed by atoms with van der Waals surface area (Å²) in [5, 5.41) is 9.40. The fourth-order valence-corrected chi connectivity index (χ4v) is 3.97. The van der Waals surface area contributed by atoms with Crippen molar-refractivity contribution in [2.24, 2.45) is 11.3 Å². The van der Waals surface area contributed by atoms with Crippen LogP contribution < -0.4 is 0 Å². The van der Waals surface area contributed by atoms with Crippen LogP contribution in [-0.4, -0.2) is 35.1 Å². The Morgan fingerprint density at radius 1 is 1.32 bits per heavy atom. The lowest BCUT2D eigenvalue weighted by Crippen LogP contribution is -2.50. The van der Waals surface area contributed by atoms with Gasteiger partial charge >= 0.3 is 5.97 Å². The molecule has 2 fully saturated rings. The van der Waals surface area contributed by atoms with Crippen molar-refractivity contribution in [3.63, 3.8) is 0 Å². The fraction of sp³-hybridized carbons (Fsp3) is 0.938. The number of hydrogen-bond acceptors (Lipinski definition) is 2. The van der Waals surface area contributed by atoms with Gasteiger partial charge in [0.05, 0.1) is 5.41 Å². The van der Waals surface area contributed by atoms with Crippen LogP contribution in [0.4, 0.5) is 0 Å². The highest BCUT2D eigenvalue weighted by Crippen LogP contribution is 2.36. The quantitative estimate of drug-likeness (QED) is 0.847. The van der Waals surface area contributed by atoms with Gasteiger partial charge in [-0.15, -0.1) is 0 Å². The average molecular weight is 267 g/mol. The molecule has 110 valence electrons. The standard InChI is InChI=1S/C16H29NO2/c1-3-5-13-6-8-14(9-7-13)17-11-4-10-16(2,12-17)15(18)19/h13-14H,3-12H2,1-2H3,(H,18,19). The molecule has 1 saturated heterocycles. The van der Waals surface area contributed by atoms with Gasteiger partial charge in [-0.25, -0.2) is 0 Å². The molecular formula is C16H29NO2. The van der Waals surface area contributed by atoms with Gasteiger partial charge in [-0.2, -0.15) is 0 Å². The van der Waals surface area contributed by atoms with E-state index in [1.165, 1.54) is 38.5 Å². The third-order valence-electron chi connectivity index (χ3n) is 5.27. The van der Waals surface area contributed by atoms with Crippen LogP contribution in [0.25, 0.3) is 0 Å². The number of likely N-dealkylation sites (tertiary alicyclic amines) is 1. The van der Waals surface area contributed by atoms with Crippen LogP contribution in [0.5, 0.6) is 0 Å². The minimum absolute atomic E-state index is 0.515. The first kappa shape index (κ1) is 14.8. The molecular weight excluding hydrogens is 238 g/mol. The molecule has 1 aliphatic carbocycles. The van der Waals surface area contributed by atoms with Gasteiger partial charge in [-0.05, 0) is 57.9 Å². The number of carbonyl (C=O) groups is 1. The van der Waals surface area contributed by atoms with Crippen LogP contribution in [0.2, 0.25) is 0 Å². The molecule has 19 heavy (non-hydrogen) atoms. The third-order valence-corrected chi connectivity index (χ3v) is 5.27. The molecule has 0 bridgehead atoms. The Bertz CT molecular complexity index is 310. The van der Waals surface area contributed by atoms with Crippen molar-refractivity contribution in [2.45, 2.75) is 71.3 Å². The Labute approximate surface area is 117 Å². The minimum atomic E-state index is -0.614. The van der Waals surface area contributed by atoms with Crippen LogP contribution in [0.3, 0.4) is 0 Å². The topological polar surface area (TPSA) is 40.5 Å². The Kier molecular flexibility index (Phi) is 4.88. The molecule has 0 amide bonds. The number of piperidine rings is 1. The van der Waals surface area contributed by atoms with E-state index in [0.29, 0.717) is 6.04 Å². The van der Waals surface area contributed by atoms with E-state index in [0.717, 1.165) is 31.8 Å². The summed E-state index contributed by atoms with van der Waals surface area (Å²) in [4.78, 5) is 13.9. The molecule has 2 aliphatic rings. The third kappa shape index (κ3) is 3.50. The number of carboxylic acids is 1. The van der Waals surface area contributed by atoms with Crippen molar-refractivity contribution in [3.05, 3.63) is 0 Å². The van der Waals surface area contributed by atoms with Crippen molar-refractivity contribution in [2.75, 3.05) is 13.1 Å². The zero-order chi connectivity index (χ0) is 13.9. The van der Waals surface area contributed by atoms with Gasteiger partial charge in [-0.3, -0.25) is 9.69 Å². The molecule has 0 spiro atoms. The Balaban J connectivity index is 1.87. The first-order chi connectivity index (χ1) is 9.05. The smallest absolute Gasteiger partial charge is 0.310 e. The molecule has 1 saturated carbocycles. The summed E-state index contributed by atoms with van der Waals surface area (Å²) in [5.74, 6) is 0.314. The maximum Gasteiger partial charge on any atom is 0.310 e. The Hall–Kier alpha value is -0.570. The van der Waals surface area contributed by atoms with E-state index in [-0.39, 0.29) is 0 Å². The normalized spacial score (nSPS) is 37.2. The Morgan fingerprint density at radius 2 is 2.00 bits per heavy atom. The van der Waals surface area contributed by atoms with Crippen LogP contribution >= 0.6 is 0 Å². The monoisotopic (exact) mass is 267 g/mol. The zero-order valence-electron chi connectivity index (χ0n) is 12.5. The molecule has 3 heteroatoms. The fourth-order valence-electron chi connectivity index (χ4n) is 3.97. The molecule has 0 aromatic rings. The number of rotatable bonds is 4. The summed E-state index contributed by atoms with van der Waals surface area (Å²) in [7, 11) is 0. The second kappa shape index (κ2) is 6.25. The van der Waals surface area contributed by atoms with Crippen molar-refractivity contribution in [1.29, 1.82) is 0 Å². The SMILES string of the molecule is CCCC1CCC(N2CCCC(C)(C(=O)O)C2)CC1. The lowest BCUT2D eigenvalue weighted by atomic mass is 9.78. The summed E-state index contributed by atoms with van der Waals surface area (Å²) >= 11 is 0. The number of nitrogens with zero attached hydrogens (tertiary/aromatic N) is 1. The molecule has 0 aromatic heterocycles. The van der Waals surface area contributed by atoms with Gasteiger partial charge in [-0.1, -0.05) is 19.8 Å². The summed E-state index contributed by atoms with van der Waals surface area (Å²) < 4.78 is 0. The van der Waals surface area contributed by atoms with E-state index in [1.54, 1.807) is 0 Å². The van der Waals surface area contributed by atoms with Crippen molar-refractivity contribution >= 4 is 5.97 Å². The second-order valence-electron chi connectivity index (χ2n) is 6.90. The maximum atomic E-state index is 11.4. The summed E-state index contributed by atoms with van der Waals surface area (Å²) in [5.41, 5.74) is -0.515. The first-order valence-electron chi connectivity index (χ1n) is 8.02. The minimum Gasteiger partial charge on any atom is -0.481 e. The van der Waals surface area contributed by atoms with Crippen molar-refractivity contribution in [1.82, 2.24) is 4.90 Å². The average Bonchev–Trinajstić information content (AvgIpc) is 2.40. The molecule has 1 aliphatic heterocycles. The first-order valence-corrected chi connectivity index (χ1v) is 8.02. The Morgan fingerprint density at radius 3 is 2.58 bits per heavy atom. The van der Waals surface area contributed by atoms with E-state index in [4.69, 9.17) is 0 Å². The maximum absolute atomic E-state index is 11.4. The van der Waals surface area contributed by atoms with E-state index in [2.05, 4.69) is 11.8 Å². The molecule has 2 rings (SSSR count). The van der Waals surface area contributed by atoms with Crippen molar-refractivity contribution < 1.29 is 9.90 Å². The number of hydrogen-bond donors (Lipinski definition) is 1. The van der Waals surface area contributed by atoms with E-state index >= 15 is 0 Å². The predicted octanol–water partition coefficient (Wildman–Crippen LogP) is 3.53. The summed E-state index contributed by atoms with van der Waals surface area (Å²) in [6.07, 6.45) is 9.80. The van der Waals surface area contributed by atoms with Gasteiger partial charge in [0, 0.05) is 12.6 Å². The van der Waals surface area contributed by atoms with Crippen LogP contribution in [0.15, 0.2) is 0 Å². The van der Waals surface area contributed by atoms with Gasteiger partial charge in [0.2, 0.25) is 0 Å². The summed E-state index contributed by atoms with van der Waals surface area (Å²) in [6, 6.07) is 0.645. The van der Waals surface area contributed by atoms with Crippen LogP contribution in [-0.2, 0) is 4.79 Å². The van der Waals surface area contributed by atoms with Gasteiger partial charge in [0.15, 0.2) is 0 Å². The summed E-state index contributed by atoms with van der Waals surface area (Å²) in [6.45, 7) is 6.05. The highest BCUT2D eigenvalue weighted by atomic mass is 16.4. The van der Waals surface area contributed by atoms with E-state index < -0.39 is 11.4 Å². The molecule has 1 heterocycles. The lowest BCUT2D eigenvalue weighted by Gasteiger charge is -2.44. The largest absolute Gasteiger partial charge is 0.481 e. The lowest BCUT2D eigenvalue weighted by molar-refractivity contribution is -0.152. The highest BCUT2D eigenvalue weighted by molar-refractivity contribution is 5.74. The molecule has 0 aromatic carbocycles. The molecule has 1 N–H and O–H groups in total. The van der Waals surface area contributed by atoms with Crippen molar-refractivity contribution in [3.8, 4) is 0 Å². The van der Waals surface area contributed by atoms with Gasteiger partial charge < -0.3 is 5.11 Å². The molecule has 0 radical (unpaired) electrons. The predicted molar refractivity (Wildman–Crippen MR) is 77.2 cm³/mol. The zero-order valence-corrected chi connectivity index (χ0v) is 12.5. The number of carboxylic acid groups (broad SMARTS) is 1. The van der Waals surface area contributed by atoms with Gasteiger partial charge in [0.1, 0.15) is 0 Å². The molecule has 1 atom stereocenters. The van der Waals surface area contributed by atoms with Crippen LogP contribution in [0.1, 0.15) is 65.2 Å². The van der Waals surface area contributed by atoms with E-state index in [1.807, 2.05) is 6.92 Å².